The van der Waals surface area contributed by atoms with E-state index in [2.05, 4.69) is 20.8 Å². The zero-order chi connectivity index (χ0) is 8.74. The van der Waals surface area contributed by atoms with Crippen LogP contribution in [0.2, 0.25) is 0 Å². The third kappa shape index (κ3) is 4.18. The molecular weight excluding hydrogens is 136 g/mol. The molecule has 0 bridgehead atoms. The third-order valence-corrected chi connectivity index (χ3v) is 2.21. The number of carbonyl (C=O) groups excluding carboxylic acids is 1. The van der Waals surface area contributed by atoms with Gasteiger partial charge in [-0.05, 0) is 12.8 Å². The molecule has 0 saturated carbocycles. The fourth-order valence-electron chi connectivity index (χ4n) is 1.39. The highest BCUT2D eigenvalue weighted by Gasteiger charge is 2.20. The monoisotopic (exact) mass is 156 g/mol. The minimum absolute atomic E-state index is 0.0369. The highest BCUT2D eigenvalue weighted by molar-refractivity contribution is 5.58. The van der Waals surface area contributed by atoms with Crippen molar-refractivity contribution < 1.29 is 4.79 Å². The van der Waals surface area contributed by atoms with E-state index in [0.29, 0.717) is 0 Å². The predicted octanol–water partition coefficient (Wildman–Crippen LogP) is 3.18. The fraction of sp³-hybridized carbons (Fsp3) is 0.900. The first-order chi connectivity index (χ1) is 5.18. The van der Waals surface area contributed by atoms with Gasteiger partial charge in [-0.25, -0.2) is 0 Å². The van der Waals surface area contributed by atoms with E-state index >= 15 is 0 Å². The van der Waals surface area contributed by atoms with Gasteiger partial charge in [0.05, 0.1) is 0 Å². The van der Waals surface area contributed by atoms with Gasteiger partial charge in [0.1, 0.15) is 6.29 Å². The highest BCUT2D eigenvalue weighted by atomic mass is 16.1. The molecule has 0 aromatic carbocycles. The molecule has 0 fully saturated rings. The normalized spacial score (nSPS) is 15.9. The van der Waals surface area contributed by atoms with Crippen LogP contribution in [0.4, 0.5) is 0 Å². The molecule has 0 heterocycles. The molecule has 0 radical (unpaired) electrons. The van der Waals surface area contributed by atoms with Gasteiger partial charge in [-0.1, -0.05) is 40.0 Å². The third-order valence-electron chi connectivity index (χ3n) is 2.21. The minimum atomic E-state index is -0.0369. The van der Waals surface area contributed by atoms with Crippen LogP contribution >= 0.6 is 0 Å². The second-order valence-electron chi connectivity index (χ2n) is 3.63. The maximum Gasteiger partial charge on any atom is 0.125 e. The van der Waals surface area contributed by atoms with E-state index < -0.39 is 0 Å². The average Bonchev–Trinajstić information content (AvgIpc) is 2.02. The number of hydrogen-bond acceptors (Lipinski definition) is 1. The van der Waals surface area contributed by atoms with Crippen LogP contribution < -0.4 is 0 Å². The summed E-state index contributed by atoms with van der Waals surface area (Å²) in [5, 5.41) is 0. The molecule has 11 heavy (non-hydrogen) atoms. The minimum Gasteiger partial charge on any atom is -0.303 e. The van der Waals surface area contributed by atoms with Crippen molar-refractivity contribution in [3.8, 4) is 0 Å². The van der Waals surface area contributed by atoms with E-state index in [1.54, 1.807) is 0 Å². The lowest BCUT2D eigenvalue weighted by molar-refractivity contribution is -0.116. The smallest absolute Gasteiger partial charge is 0.125 e. The molecule has 0 aromatic heterocycles. The van der Waals surface area contributed by atoms with Gasteiger partial charge in [0.15, 0.2) is 0 Å². The molecule has 1 atom stereocenters. The van der Waals surface area contributed by atoms with Crippen LogP contribution in [0.5, 0.6) is 0 Å². The van der Waals surface area contributed by atoms with Crippen molar-refractivity contribution in [2.24, 2.45) is 5.41 Å². The fourth-order valence-corrected chi connectivity index (χ4v) is 1.39. The first-order valence-electron chi connectivity index (χ1n) is 4.65. The van der Waals surface area contributed by atoms with Crippen molar-refractivity contribution in [3.63, 3.8) is 0 Å². The summed E-state index contributed by atoms with van der Waals surface area (Å²) in [7, 11) is 0. The average molecular weight is 156 g/mol. The number of rotatable bonds is 6. The van der Waals surface area contributed by atoms with E-state index in [4.69, 9.17) is 0 Å². The van der Waals surface area contributed by atoms with Crippen LogP contribution in [-0.4, -0.2) is 6.29 Å². The van der Waals surface area contributed by atoms with Crippen molar-refractivity contribution >= 4 is 6.29 Å². The van der Waals surface area contributed by atoms with Crippen LogP contribution in [0.25, 0.3) is 0 Å². The van der Waals surface area contributed by atoms with Gasteiger partial charge < -0.3 is 4.79 Å². The Morgan fingerprint density at radius 2 is 1.82 bits per heavy atom. The Balaban J connectivity index is 3.77. The molecule has 0 aliphatic rings. The molecule has 0 aromatic rings. The van der Waals surface area contributed by atoms with Gasteiger partial charge in [0, 0.05) is 5.41 Å². The second-order valence-corrected chi connectivity index (χ2v) is 3.63. The highest BCUT2D eigenvalue weighted by Crippen LogP contribution is 2.26. The van der Waals surface area contributed by atoms with Crippen LogP contribution in [0.15, 0.2) is 0 Å². The predicted molar refractivity (Wildman–Crippen MR) is 48.6 cm³/mol. The van der Waals surface area contributed by atoms with Crippen molar-refractivity contribution in [1.29, 1.82) is 0 Å². The number of carbonyl (C=O) groups is 1. The Morgan fingerprint density at radius 3 is 2.18 bits per heavy atom. The lowest BCUT2D eigenvalue weighted by atomic mass is 9.82. The Kier molecular flexibility index (Phi) is 5.18. The summed E-state index contributed by atoms with van der Waals surface area (Å²) >= 11 is 0. The first kappa shape index (κ1) is 10.7. The Bertz CT molecular complexity index is 109. The molecule has 0 aliphatic heterocycles. The molecular formula is C10H20O. The van der Waals surface area contributed by atoms with E-state index in [9.17, 15) is 4.79 Å². The Morgan fingerprint density at radius 1 is 1.18 bits per heavy atom. The zero-order valence-corrected chi connectivity index (χ0v) is 8.02. The zero-order valence-electron chi connectivity index (χ0n) is 8.02. The number of aldehydes is 1. The summed E-state index contributed by atoms with van der Waals surface area (Å²) in [6.07, 6.45) is 6.70. The van der Waals surface area contributed by atoms with Gasteiger partial charge >= 0.3 is 0 Å². The first-order valence-corrected chi connectivity index (χ1v) is 4.65. The van der Waals surface area contributed by atoms with Gasteiger partial charge in [-0.15, -0.1) is 0 Å². The molecule has 0 amide bonds. The Hall–Kier alpha value is -0.330. The molecule has 1 nitrogen and oxygen atoms in total. The summed E-state index contributed by atoms with van der Waals surface area (Å²) < 4.78 is 0. The van der Waals surface area contributed by atoms with E-state index in [0.717, 1.165) is 25.5 Å². The molecule has 1 unspecified atom stereocenters. The topological polar surface area (TPSA) is 17.1 Å². The van der Waals surface area contributed by atoms with Crippen molar-refractivity contribution in [2.45, 2.75) is 52.9 Å². The standard InChI is InChI=1S/C10H20O/c1-4-6-8-10(3,9-11)7-5-2/h9H,4-8H2,1-3H3. The van der Waals surface area contributed by atoms with Gasteiger partial charge in [0.2, 0.25) is 0 Å². The van der Waals surface area contributed by atoms with Gasteiger partial charge in [-0.2, -0.15) is 0 Å². The van der Waals surface area contributed by atoms with Crippen LogP contribution in [-0.2, 0) is 4.79 Å². The summed E-state index contributed by atoms with van der Waals surface area (Å²) in [5.74, 6) is 0. The summed E-state index contributed by atoms with van der Waals surface area (Å²) in [6, 6.07) is 0. The molecule has 66 valence electrons. The van der Waals surface area contributed by atoms with Crippen LogP contribution in [0.1, 0.15) is 52.9 Å². The quantitative estimate of drug-likeness (QED) is 0.540. The SMILES string of the molecule is CCCCC(C)(C=O)CCC. The lowest BCUT2D eigenvalue weighted by Gasteiger charge is -2.21. The van der Waals surface area contributed by atoms with E-state index in [-0.39, 0.29) is 5.41 Å². The van der Waals surface area contributed by atoms with E-state index in [1.807, 2.05) is 0 Å². The molecule has 0 N–H and O–H groups in total. The van der Waals surface area contributed by atoms with Crippen molar-refractivity contribution in [1.82, 2.24) is 0 Å². The molecule has 1 heteroatoms. The number of unbranched alkanes of at least 4 members (excludes halogenated alkanes) is 1. The van der Waals surface area contributed by atoms with Crippen LogP contribution in [0.3, 0.4) is 0 Å². The molecule has 0 rings (SSSR count). The van der Waals surface area contributed by atoms with Gasteiger partial charge in [0.25, 0.3) is 0 Å². The summed E-state index contributed by atoms with van der Waals surface area (Å²) in [6.45, 7) is 6.37. The largest absolute Gasteiger partial charge is 0.303 e. The molecule has 0 spiro atoms. The maximum atomic E-state index is 10.7. The van der Waals surface area contributed by atoms with E-state index in [1.165, 1.54) is 12.8 Å². The van der Waals surface area contributed by atoms with Gasteiger partial charge in [-0.3, -0.25) is 0 Å². The molecule has 0 aliphatic carbocycles. The summed E-state index contributed by atoms with van der Waals surface area (Å²) in [4.78, 5) is 10.7. The lowest BCUT2D eigenvalue weighted by Crippen LogP contribution is -2.17. The number of hydrogen-bond donors (Lipinski definition) is 0. The second kappa shape index (κ2) is 5.34. The van der Waals surface area contributed by atoms with Crippen molar-refractivity contribution in [2.75, 3.05) is 0 Å². The van der Waals surface area contributed by atoms with Crippen molar-refractivity contribution in [3.05, 3.63) is 0 Å². The maximum absolute atomic E-state index is 10.7. The van der Waals surface area contributed by atoms with Crippen LogP contribution in [0, 0.1) is 5.41 Å². The molecule has 0 saturated heterocycles. The summed E-state index contributed by atoms with van der Waals surface area (Å²) in [5.41, 5.74) is -0.0369. The Labute approximate surface area is 70.2 Å².